The van der Waals surface area contributed by atoms with Gasteiger partial charge in [0.05, 0.1) is 16.5 Å². The maximum Gasteiger partial charge on any atom is 0.214 e. The lowest BCUT2D eigenvalue weighted by atomic mass is 9.90. The van der Waals surface area contributed by atoms with Crippen molar-refractivity contribution < 1.29 is 8.42 Å². The van der Waals surface area contributed by atoms with Gasteiger partial charge in [-0.1, -0.05) is 32.9 Å². The average molecular weight is 437 g/mol. The number of hydrogen-bond donors (Lipinski definition) is 1. The van der Waals surface area contributed by atoms with Gasteiger partial charge in [-0.25, -0.2) is 13.1 Å². The van der Waals surface area contributed by atoms with Crippen LogP contribution in [-0.4, -0.2) is 23.2 Å². The number of fused-ring (bicyclic) bond motifs is 1. The van der Waals surface area contributed by atoms with Crippen molar-refractivity contribution in [3.05, 3.63) is 53.9 Å². The highest BCUT2D eigenvalue weighted by Gasteiger charge is 2.35. The van der Waals surface area contributed by atoms with Crippen LogP contribution in [0.5, 0.6) is 0 Å². The van der Waals surface area contributed by atoms with Gasteiger partial charge in [-0.15, -0.1) is 0 Å². The van der Waals surface area contributed by atoms with Crippen LogP contribution in [0.15, 0.2) is 42.7 Å². The molecule has 31 heavy (non-hydrogen) atoms. The maximum absolute atomic E-state index is 12.3. The van der Waals surface area contributed by atoms with Crippen LogP contribution in [-0.2, 0) is 23.1 Å². The van der Waals surface area contributed by atoms with Gasteiger partial charge in [-0.05, 0) is 48.4 Å². The summed E-state index contributed by atoms with van der Waals surface area (Å²) in [5, 5.41) is 10.3. The fraction of sp³-hybridized carbons (Fsp3) is 0.417. The minimum Gasteiger partial charge on any atom is -0.347 e. The topological polar surface area (TPSA) is 87.8 Å². The van der Waals surface area contributed by atoms with E-state index in [1.165, 1.54) is 0 Å². The molecule has 162 valence electrons. The number of aromatic nitrogens is 2. The first kappa shape index (κ1) is 21.5. The highest BCUT2D eigenvalue weighted by molar-refractivity contribution is 7.90. The normalized spacial score (nSPS) is 14.6. The van der Waals surface area contributed by atoms with Crippen molar-refractivity contribution in [2.24, 2.45) is 5.41 Å². The van der Waals surface area contributed by atoms with E-state index in [1.54, 1.807) is 18.3 Å². The van der Waals surface area contributed by atoms with Gasteiger partial charge < -0.3 is 4.57 Å². The van der Waals surface area contributed by atoms with Gasteiger partial charge >= 0.3 is 0 Å². The second-order valence-corrected chi connectivity index (χ2v) is 11.2. The van der Waals surface area contributed by atoms with E-state index in [9.17, 15) is 13.7 Å². The van der Waals surface area contributed by atoms with Gasteiger partial charge in [0.2, 0.25) is 10.0 Å². The minimum absolute atomic E-state index is 0.0928. The molecule has 2 heterocycles. The van der Waals surface area contributed by atoms with Crippen LogP contribution in [0.1, 0.15) is 51.2 Å². The van der Waals surface area contributed by atoms with Crippen LogP contribution in [0.2, 0.25) is 0 Å². The lowest BCUT2D eigenvalue weighted by Gasteiger charge is -2.24. The molecule has 0 amide bonds. The molecule has 0 spiro atoms. The summed E-state index contributed by atoms with van der Waals surface area (Å²) in [5.41, 5.74) is 4.14. The Labute approximate surface area is 184 Å². The SMILES string of the molecule is CCC(C)(C)Cn1cc(CNS(=O)(=O)C2CC2)c2ccc(-c3ncccc3C#N)cc21. The van der Waals surface area contributed by atoms with Gasteiger partial charge in [0.1, 0.15) is 6.07 Å². The van der Waals surface area contributed by atoms with Crippen LogP contribution < -0.4 is 4.72 Å². The predicted molar refractivity (Wildman–Crippen MR) is 123 cm³/mol. The van der Waals surface area contributed by atoms with Crippen molar-refractivity contribution in [2.45, 2.75) is 58.4 Å². The van der Waals surface area contributed by atoms with E-state index in [0.717, 1.165) is 47.8 Å². The predicted octanol–water partition coefficient (Wildman–Crippen LogP) is 4.59. The van der Waals surface area contributed by atoms with Crippen molar-refractivity contribution >= 4 is 20.9 Å². The number of rotatable bonds is 8. The van der Waals surface area contributed by atoms with Crippen LogP contribution in [0.3, 0.4) is 0 Å². The summed E-state index contributed by atoms with van der Waals surface area (Å²) in [6, 6.07) is 11.8. The summed E-state index contributed by atoms with van der Waals surface area (Å²) in [6.07, 6.45) is 6.27. The molecule has 0 aliphatic heterocycles. The Hall–Kier alpha value is -2.69. The number of hydrogen-bond acceptors (Lipinski definition) is 4. The third kappa shape index (κ3) is 4.51. The van der Waals surface area contributed by atoms with Gasteiger partial charge in [0.15, 0.2) is 0 Å². The van der Waals surface area contributed by atoms with E-state index < -0.39 is 10.0 Å². The van der Waals surface area contributed by atoms with E-state index in [1.807, 2.05) is 12.1 Å². The number of nitriles is 1. The Morgan fingerprint density at radius 3 is 2.74 bits per heavy atom. The highest BCUT2D eigenvalue weighted by atomic mass is 32.2. The average Bonchev–Trinajstić information content (AvgIpc) is 3.57. The van der Waals surface area contributed by atoms with Gasteiger partial charge in [0, 0.05) is 41.9 Å². The highest BCUT2D eigenvalue weighted by Crippen LogP contribution is 2.32. The van der Waals surface area contributed by atoms with Crippen LogP contribution in [0, 0.1) is 16.7 Å². The lowest BCUT2D eigenvalue weighted by molar-refractivity contribution is 0.299. The molecular formula is C24H28N4O2S. The molecule has 3 aromatic rings. The molecule has 0 saturated heterocycles. The molecule has 0 radical (unpaired) electrons. The van der Waals surface area contributed by atoms with E-state index in [4.69, 9.17) is 0 Å². The van der Waals surface area contributed by atoms with E-state index in [0.29, 0.717) is 11.3 Å². The number of pyridine rings is 1. The van der Waals surface area contributed by atoms with E-state index in [-0.39, 0.29) is 17.2 Å². The Bertz CT molecular complexity index is 1260. The van der Waals surface area contributed by atoms with Crippen LogP contribution in [0.4, 0.5) is 0 Å². The van der Waals surface area contributed by atoms with E-state index in [2.05, 4.69) is 53.4 Å². The number of sulfonamides is 1. The first-order valence-corrected chi connectivity index (χ1v) is 12.2. The number of nitrogens with one attached hydrogen (secondary N) is 1. The summed E-state index contributed by atoms with van der Waals surface area (Å²) in [7, 11) is -3.25. The third-order valence-corrected chi connectivity index (χ3v) is 8.04. The molecule has 4 rings (SSSR count). The molecule has 1 aliphatic carbocycles. The molecular weight excluding hydrogens is 408 g/mol. The van der Waals surface area contributed by atoms with Crippen molar-refractivity contribution in [2.75, 3.05) is 0 Å². The summed E-state index contributed by atoms with van der Waals surface area (Å²) >= 11 is 0. The summed E-state index contributed by atoms with van der Waals surface area (Å²) < 4.78 is 29.7. The van der Waals surface area contributed by atoms with Crippen molar-refractivity contribution in [3.63, 3.8) is 0 Å². The van der Waals surface area contributed by atoms with Crippen molar-refractivity contribution in [3.8, 4) is 17.3 Å². The quantitative estimate of drug-likeness (QED) is 0.559. The van der Waals surface area contributed by atoms with Gasteiger partial charge in [-0.3, -0.25) is 4.98 Å². The van der Waals surface area contributed by atoms with Gasteiger partial charge in [0.25, 0.3) is 0 Å². The minimum atomic E-state index is -3.25. The molecule has 1 aliphatic rings. The fourth-order valence-electron chi connectivity index (χ4n) is 3.76. The molecule has 1 aromatic carbocycles. The Balaban J connectivity index is 1.77. The number of nitrogens with zero attached hydrogens (tertiary/aromatic N) is 3. The van der Waals surface area contributed by atoms with Crippen molar-refractivity contribution in [1.29, 1.82) is 5.26 Å². The molecule has 1 fully saturated rings. The Morgan fingerprint density at radius 1 is 1.29 bits per heavy atom. The zero-order valence-corrected chi connectivity index (χ0v) is 19.0. The largest absolute Gasteiger partial charge is 0.347 e. The smallest absolute Gasteiger partial charge is 0.214 e. The molecule has 6 nitrogen and oxygen atoms in total. The first-order chi connectivity index (χ1) is 14.7. The summed E-state index contributed by atoms with van der Waals surface area (Å²) in [5.74, 6) is 0. The second-order valence-electron chi connectivity index (χ2n) is 9.11. The first-order valence-electron chi connectivity index (χ1n) is 10.7. The van der Waals surface area contributed by atoms with Gasteiger partial charge in [-0.2, -0.15) is 5.26 Å². The lowest BCUT2D eigenvalue weighted by Crippen LogP contribution is -2.26. The van der Waals surface area contributed by atoms with Crippen LogP contribution >= 0.6 is 0 Å². The third-order valence-electron chi connectivity index (χ3n) is 6.15. The standard InChI is InChI=1S/C24H28N4O2S/c1-4-24(2,3)16-28-15-19(14-27-31(29,30)20-8-9-20)21-10-7-17(12-22(21)28)23-18(13-25)6-5-11-26-23/h5-7,10-12,15,20,27H,4,8-9,14,16H2,1-3H3. The Morgan fingerprint density at radius 2 is 2.06 bits per heavy atom. The van der Waals surface area contributed by atoms with Crippen molar-refractivity contribution in [1.82, 2.24) is 14.3 Å². The monoisotopic (exact) mass is 436 g/mol. The molecule has 0 bridgehead atoms. The van der Waals surface area contributed by atoms with Crippen LogP contribution in [0.25, 0.3) is 22.2 Å². The second kappa shape index (κ2) is 8.10. The molecule has 1 saturated carbocycles. The summed E-state index contributed by atoms with van der Waals surface area (Å²) in [4.78, 5) is 4.43. The number of benzene rings is 1. The Kier molecular flexibility index (Phi) is 5.63. The zero-order chi connectivity index (χ0) is 22.2. The van der Waals surface area contributed by atoms with E-state index >= 15 is 0 Å². The molecule has 0 atom stereocenters. The molecule has 2 aromatic heterocycles. The zero-order valence-electron chi connectivity index (χ0n) is 18.2. The maximum atomic E-state index is 12.3. The molecule has 1 N–H and O–H groups in total. The summed E-state index contributed by atoms with van der Waals surface area (Å²) in [6.45, 7) is 7.72. The molecule has 0 unspecified atom stereocenters. The molecule has 7 heteroatoms. The fourth-order valence-corrected chi connectivity index (χ4v) is 5.11.